The predicted octanol–water partition coefficient (Wildman–Crippen LogP) is 2.87. The molecule has 0 aliphatic rings. The summed E-state index contributed by atoms with van der Waals surface area (Å²) >= 11 is 5.09. The van der Waals surface area contributed by atoms with E-state index >= 15 is 0 Å². The minimum atomic E-state index is 0. The van der Waals surface area contributed by atoms with Crippen molar-refractivity contribution in [2.75, 3.05) is 7.11 Å². The normalized spacial score (nSPS) is 7.64. The van der Waals surface area contributed by atoms with Gasteiger partial charge in [-0.3, -0.25) is 6.29 Å². The van der Waals surface area contributed by atoms with Gasteiger partial charge in [0.15, 0.2) is 0 Å². The van der Waals surface area contributed by atoms with E-state index in [9.17, 15) is 4.79 Å². The van der Waals surface area contributed by atoms with Gasteiger partial charge in [0.1, 0.15) is 0 Å². The topological polar surface area (TPSA) is 79.0 Å². The van der Waals surface area contributed by atoms with Crippen molar-refractivity contribution in [3.8, 4) is 5.88 Å². The Kier molecular flexibility index (Phi) is 20.5. The van der Waals surface area contributed by atoms with Crippen LogP contribution in [0.2, 0.25) is 0 Å². The van der Waals surface area contributed by atoms with Crippen molar-refractivity contribution < 1.29 is 35.9 Å². The molecule has 0 aliphatic carbocycles. The number of benzene rings is 1. The Morgan fingerprint density at radius 1 is 1.08 bits per heavy atom. The number of methoxy groups -OCH3 is 1. The second kappa shape index (κ2) is 18.4. The minimum absolute atomic E-state index is 0. The summed E-state index contributed by atoms with van der Waals surface area (Å²) < 4.78 is 19.9. The molecule has 2 aromatic rings. The molecule has 0 aliphatic heterocycles. The van der Waals surface area contributed by atoms with Gasteiger partial charge >= 0.3 is 39.7 Å². The molecule has 0 bridgehead atoms. The first-order chi connectivity index (χ1) is 11.6. The number of aromatic nitrogens is 1. The van der Waals surface area contributed by atoms with E-state index in [1.54, 1.807) is 24.5 Å². The van der Waals surface area contributed by atoms with Crippen molar-refractivity contribution in [3.63, 3.8) is 0 Å². The molecule has 0 atom stereocenters. The van der Waals surface area contributed by atoms with Crippen molar-refractivity contribution in [1.82, 2.24) is 4.98 Å². The van der Waals surface area contributed by atoms with Crippen LogP contribution in [0.15, 0.2) is 41.3 Å². The molecule has 132 valence electrons. The molecule has 0 unspecified atom stereocenters. The second-order valence-corrected chi connectivity index (χ2v) is 4.62. The molecule has 0 radical (unpaired) electrons. The number of nitrogens with zero attached hydrogens (tertiary/aromatic N) is 1. The van der Waals surface area contributed by atoms with Crippen LogP contribution in [0.4, 0.5) is 0 Å². The smallest absolute Gasteiger partial charge is 2.00 e. The van der Waals surface area contributed by atoms with E-state index in [1.165, 1.54) is 18.2 Å². The Balaban J connectivity index is -0.000000316. The molecule has 7 heteroatoms. The Labute approximate surface area is 164 Å². The predicted molar refractivity (Wildman–Crippen MR) is 89.6 cm³/mol. The van der Waals surface area contributed by atoms with Crippen LogP contribution in [0.1, 0.15) is 16.8 Å². The molecule has 1 heterocycles. The molecule has 0 saturated carbocycles. The quantitative estimate of drug-likeness (QED) is 0.344. The van der Waals surface area contributed by atoms with Crippen LogP contribution in [0, 0.1) is 27.1 Å². The zero-order valence-corrected chi connectivity index (χ0v) is 15.9. The van der Waals surface area contributed by atoms with E-state index in [0.717, 1.165) is 4.90 Å². The van der Waals surface area contributed by atoms with E-state index < -0.39 is 0 Å². The van der Waals surface area contributed by atoms with Crippen molar-refractivity contribution in [2.24, 2.45) is 0 Å². The monoisotopic (exact) mass is 399 g/mol. The molecule has 0 spiro atoms. The number of hydrogen-bond donors (Lipinski definition) is 0. The number of rotatable bonds is 3. The van der Waals surface area contributed by atoms with E-state index in [0.29, 0.717) is 11.6 Å². The van der Waals surface area contributed by atoms with Crippen LogP contribution in [0.5, 0.6) is 5.88 Å². The van der Waals surface area contributed by atoms with Crippen molar-refractivity contribution in [3.05, 3.63) is 66.5 Å². The molecule has 2 rings (SSSR count). The molecular weight excluding hydrogens is 382 g/mol. The van der Waals surface area contributed by atoms with Crippen LogP contribution < -0.4 is 4.74 Å². The summed E-state index contributed by atoms with van der Waals surface area (Å²) in [5.74, 6) is 0.526. The zero-order chi connectivity index (χ0) is 19.0. The summed E-state index contributed by atoms with van der Waals surface area (Å²) in [6.45, 7) is 13.1. The molecule has 5 nitrogen and oxygen atoms in total. The molecule has 1 aromatic carbocycles. The van der Waals surface area contributed by atoms with Gasteiger partial charge in [-0.2, -0.15) is 4.90 Å². The van der Waals surface area contributed by atoms with Crippen molar-refractivity contribution >= 4 is 18.9 Å². The number of pyridine rings is 1. The van der Waals surface area contributed by atoms with Crippen LogP contribution in [-0.2, 0) is 50.2 Å². The maximum absolute atomic E-state index is 9.97. The minimum Gasteiger partial charge on any atom is 2.00 e. The van der Waals surface area contributed by atoms with Gasteiger partial charge in [0, 0.05) is 11.8 Å². The summed E-state index contributed by atoms with van der Waals surface area (Å²) in [6, 6.07) is 11.4. The number of ether oxygens (including phenoxy) is 1. The van der Waals surface area contributed by atoms with Crippen LogP contribution in [-0.4, -0.2) is 18.4 Å². The summed E-state index contributed by atoms with van der Waals surface area (Å²) in [5.41, 5.74) is 3.08. The summed E-state index contributed by atoms with van der Waals surface area (Å²) in [7, 11) is 1.54. The van der Waals surface area contributed by atoms with Gasteiger partial charge in [0.25, 0.3) is 0 Å². The summed E-state index contributed by atoms with van der Waals surface area (Å²) in [6.07, 6.45) is 1.99. The first-order valence-electron chi connectivity index (χ1n) is 6.57. The van der Waals surface area contributed by atoms with Gasteiger partial charge < -0.3 is 22.2 Å². The molecule has 0 saturated heterocycles. The Morgan fingerprint density at radius 3 is 1.96 bits per heavy atom. The van der Waals surface area contributed by atoms with Gasteiger partial charge in [0.2, 0.25) is 5.88 Å². The maximum Gasteiger partial charge on any atom is 2.00 e. The third-order valence-corrected chi connectivity index (χ3v) is 3.30. The molecular formula is C18H17FeNO4S. The first-order valence-corrected chi connectivity index (χ1v) is 6.98. The van der Waals surface area contributed by atoms with Crippen LogP contribution in [0.25, 0.3) is 0 Å². The number of aryl methyl sites for hydroxylation is 2. The first kappa shape index (κ1) is 27.9. The van der Waals surface area contributed by atoms with Gasteiger partial charge in [-0.1, -0.05) is 35.4 Å². The standard InChI is InChI=1S/C8H8NO2.C8H10S.2CO.Fe/c1-11-8-4-2-3-7(9-8)5-6-10;1-6-4-3-5-7(2)8(6)9;2*1-2;/h2-4H,5H2,1H3;3-5,9H,1-2H3;;;/q-1;;;;+2/p-1. The number of hydrogen-bond acceptors (Lipinski definition) is 4. The second-order valence-electron chi connectivity index (χ2n) is 4.21. The van der Waals surface area contributed by atoms with Crippen molar-refractivity contribution in [2.45, 2.75) is 25.2 Å². The van der Waals surface area contributed by atoms with E-state index in [2.05, 4.69) is 18.3 Å². The van der Waals surface area contributed by atoms with Crippen LogP contribution >= 0.6 is 0 Å². The molecule has 0 N–H and O–H groups in total. The van der Waals surface area contributed by atoms with Crippen LogP contribution in [0.3, 0.4) is 0 Å². The number of carbonyl (C=O) groups excluding carboxylic acids is 1. The molecule has 0 fully saturated rings. The van der Waals surface area contributed by atoms with Gasteiger partial charge in [0.05, 0.1) is 7.11 Å². The summed E-state index contributed by atoms with van der Waals surface area (Å²) in [5, 5.41) is 0. The Hall–Kier alpha value is -1.94. The Bertz CT molecular complexity index is 634. The summed E-state index contributed by atoms with van der Waals surface area (Å²) in [4.78, 5) is 15.0. The van der Waals surface area contributed by atoms with Gasteiger partial charge in [-0.05, 0) is 19.9 Å². The van der Waals surface area contributed by atoms with E-state index in [-0.39, 0.29) is 23.5 Å². The molecule has 25 heavy (non-hydrogen) atoms. The fourth-order valence-corrected chi connectivity index (χ4v) is 1.68. The fraction of sp³-hybridized carbons (Fsp3) is 0.222. The fourth-order valence-electron chi connectivity index (χ4n) is 1.54. The molecule has 0 amide bonds. The SMILES string of the molecule is COc1cccc(C[C-]=O)n1.Cc1cccc(C)c1[S-].[C-]#[O+].[C-]#[O+].[Fe+2]. The molecule has 1 aromatic heterocycles. The third kappa shape index (κ3) is 12.1. The average Bonchev–Trinajstić information content (AvgIpc) is 2.64. The average molecular weight is 399 g/mol. The van der Waals surface area contributed by atoms with Gasteiger partial charge in [-0.15, -0.1) is 6.42 Å². The van der Waals surface area contributed by atoms with Gasteiger partial charge in [-0.25, -0.2) is 4.98 Å². The zero-order valence-electron chi connectivity index (χ0n) is 14.0. The van der Waals surface area contributed by atoms with E-state index in [4.69, 9.17) is 26.7 Å². The van der Waals surface area contributed by atoms with E-state index in [1.807, 2.05) is 32.0 Å². The Morgan fingerprint density at radius 2 is 1.56 bits per heavy atom. The van der Waals surface area contributed by atoms with Crippen molar-refractivity contribution in [1.29, 1.82) is 0 Å². The maximum atomic E-state index is 9.97. The third-order valence-electron chi connectivity index (χ3n) is 2.65. The largest absolute Gasteiger partial charge is 2.00 e.